The highest BCUT2D eigenvalue weighted by molar-refractivity contribution is 5.95. The molecule has 0 saturated carbocycles. The van der Waals surface area contributed by atoms with Gasteiger partial charge in [-0.05, 0) is 45.7 Å². The molecule has 7 heteroatoms. The first-order chi connectivity index (χ1) is 12.1. The maximum atomic E-state index is 12.3. The van der Waals surface area contributed by atoms with Gasteiger partial charge in [-0.15, -0.1) is 0 Å². The van der Waals surface area contributed by atoms with Crippen LogP contribution in [0.2, 0.25) is 0 Å². The highest BCUT2D eigenvalue weighted by atomic mass is 16.6. The third-order valence-corrected chi connectivity index (χ3v) is 4.32. The van der Waals surface area contributed by atoms with Gasteiger partial charge in [-0.2, -0.15) is 0 Å². The molecule has 0 radical (unpaired) electrons. The Hall–Kier alpha value is -2.44. The summed E-state index contributed by atoms with van der Waals surface area (Å²) in [5.74, 6) is 0.562. The average Bonchev–Trinajstić information content (AvgIpc) is 2.55. The number of anilines is 2. The monoisotopic (exact) mass is 363 g/mol. The molecular weight excluding hydrogens is 334 g/mol. The molecule has 1 aromatic carbocycles. The second-order valence-electron chi connectivity index (χ2n) is 7.51. The number of methoxy groups -OCH3 is 1. The fraction of sp³-hybridized carbons (Fsp3) is 0.579. The third-order valence-electron chi connectivity index (χ3n) is 4.32. The number of ether oxygens (including phenoxy) is 2. The summed E-state index contributed by atoms with van der Waals surface area (Å²) in [6.07, 6.45) is 1.01. The largest absolute Gasteiger partial charge is 0.497 e. The molecule has 0 atom stereocenters. The number of carbonyl (C=O) groups is 2. The number of hydrogen-bond acceptors (Lipinski definition) is 5. The SMILES string of the molecule is COc1ccc(N)c(N(C(C)=O)C2CCN(C(=O)OC(C)(C)C)CC2)c1. The van der Waals surface area contributed by atoms with Crippen LogP contribution in [0, 0.1) is 0 Å². The lowest BCUT2D eigenvalue weighted by Crippen LogP contribution is -2.49. The summed E-state index contributed by atoms with van der Waals surface area (Å²) in [5, 5.41) is 0. The van der Waals surface area contributed by atoms with Crippen molar-refractivity contribution in [3.8, 4) is 5.75 Å². The van der Waals surface area contributed by atoms with Crippen molar-refractivity contribution in [3.05, 3.63) is 18.2 Å². The Bertz CT molecular complexity index is 661. The number of hydrogen-bond donors (Lipinski definition) is 1. The van der Waals surface area contributed by atoms with Crippen LogP contribution in [0.3, 0.4) is 0 Å². The van der Waals surface area contributed by atoms with Crippen molar-refractivity contribution in [3.63, 3.8) is 0 Å². The topological polar surface area (TPSA) is 85.1 Å². The Morgan fingerprint density at radius 3 is 2.35 bits per heavy atom. The van der Waals surface area contributed by atoms with E-state index in [2.05, 4.69) is 0 Å². The van der Waals surface area contributed by atoms with Gasteiger partial charge >= 0.3 is 6.09 Å². The van der Waals surface area contributed by atoms with Gasteiger partial charge in [0.25, 0.3) is 0 Å². The first kappa shape index (κ1) is 19.9. The average molecular weight is 363 g/mol. The zero-order valence-electron chi connectivity index (χ0n) is 16.2. The Morgan fingerprint density at radius 1 is 1.23 bits per heavy atom. The first-order valence-electron chi connectivity index (χ1n) is 8.83. The lowest BCUT2D eigenvalue weighted by Gasteiger charge is -2.39. The highest BCUT2D eigenvalue weighted by Crippen LogP contribution is 2.32. The number of rotatable bonds is 3. The van der Waals surface area contributed by atoms with Crippen molar-refractivity contribution in [1.29, 1.82) is 0 Å². The summed E-state index contributed by atoms with van der Waals surface area (Å²) < 4.78 is 10.7. The van der Waals surface area contributed by atoms with Gasteiger partial charge in [0.1, 0.15) is 11.4 Å². The number of nitrogens with two attached hydrogens (primary N) is 1. The minimum Gasteiger partial charge on any atom is -0.497 e. The maximum absolute atomic E-state index is 12.3. The molecule has 0 aliphatic carbocycles. The molecule has 1 saturated heterocycles. The van der Waals surface area contributed by atoms with Crippen LogP contribution in [0.25, 0.3) is 0 Å². The van der Waals surface area contributed by atoms with Gasteiger partial charge in [0.15, 0.2) is 0 Å². The number of piperidine rings is 1. The summed E-state index contributed by atoms with van der Waals surface area (Å²) >= 11 is 0. The molecule has 2 amide bonds. The van der Waals surface area contributed by atoms with Crippen LogP contribution in [0.1, 0.15) is 40.5 Å². The van der Waals surface area contributed by atoms with E-state index in [1.165, 1.54) is 6.92 Å². The van der Waals surface area contributed by atoms with Crippen molar-refractivity contribution in [2.24, 2.45) is 0 Å². The highest BCUT2D eigenvalue weighted by Gasteiger charge is 2.32. The van der Waals surface area contributed by atoms with E-state index in [1.54, 1.807) is 35.1 Å². The second kappa shape index (κ2) is 7.85. The molecule has 1 fully saturated rings. The quantitative estimate of drug-likeness (QED) is 0.835. The zero-order valence-corrected chi connectivity index (χ0v) is 16.2. The minimum atomic E-state index is -0.519. The number of amides is 2. The second-order valence-corrected chi connectivity index (χ2v) is 7.51. The molecule has 2 rings (SSSR count). The Kier molecular flexibility index (Phi) is 6.00. The van der Waals surface area contributed by atoms with Crippen LogP contribution in [0.15, 0.2) is 18.2 Å². The van der Waals surface area contributed by atoms with Crippen LogP contribution in [-0.4, -0.2) is 48.7 Å². The minimum absolute atomic E-state index is 0.0272. The predicted octanol–water partition coefficient (Wildman–Crippen LogP) is 3.03. The van der Waals surface area contributed by atoms with Crippen LogP contribution in [0.5, 0.6) is 5.75 Å². The molecular formula is C19H29N3O4. The molecule has 144 valence electrons. The van der Waals surface area contributed by atoms with Crippen molar-refractivity contribution < 1.29 is 19.1 Å². The van der Waals surface area contributed by atoms with Gasteiger partial charge in [0, 0.05) is 32.1 Å². The van der Waals surface area contributed by atoms with Crippen LogP contribution in [-0.2, 0) is 9.53 Å². The van der Waals surface area contributed by atoms with E-state index in [9.17, 15) is 9.59 Å². The lowest BCUT2D eigenvalue weighted by molar-refractivity contribution is -0.117. The molecule has 1 aliphatic heterocycles. The summed E-state index contributed by atoms with van der Waals surface area (Å²) in [6, 6.07) is 5.25. The summed E-state index contributed by atoms with van der Waals surface area (Å²) in [5.41, 5.74) is 6.75. The Morgan fingerprint density at radius 2 is 1.85 bits per heavy atom. The fourth-order valence-electron chi connectivity index (χ4n) is 3.12. The van der Waals surface area contributed by atoms with E-state index < -0.39 is 5.60 Å². The van der Waals surface area contributed by atoms with Crippen molar-refractivity contribution >= 4 is 23.4 Å². The first-order valence-corrected chi connectivity index (χ1v) is 8.83. The van der Waals surface area contributed by atoms with Crippen molar-refractivity contribution in [2.45, 2.75) is 52.2 Å². The van der Waals surface area contributed by atoms with E-state index >= 15 is 0 Å². The van der Waals surface area contributed by atoms with Crippen molar-refractivity contribution in [2.75, 3.05) is 30.8 Å². The third kappa shape index (κ3) is 4.80. The molecule has 0 spiro atoms. The molecule has 26 heavy (non-hydrogen) atoms. The Balaban J connectivity index is 2.12. The predicted molar refractivity (Wildman–Crippen MR) is 101 cm³/mol. The molecule has 0 unspecified atom stereocenters. The van der Waals surface area contributed by atoms with Gasteiger partial charge in [0.2, 0.25) is 5.91 Å². The maximum Gasteiger partial charge on any atom is 0.410 e. The number of nitrogen functional groups attached to an aromatic ring is 1. The standard InChI is InChI=1S/C19H29N3O4/c1-13(23)22(17-12-15(25-5)6-7-16(17)20)14-8-10-21(11-9-14)18(24)26-19(2,3)4/h6-7,12,14H,8-11,20H2,1-5H3. The van der Waals surface area contributed by atoms with Gasteiger partial charge in [-0.3, -0.25) is 4.79 Å². The zero-order chi connectivity index (χ0) is 19.5. The van der Waals surface area contributed by atoms with Crippen LogP contribution >= 0.6 is 0 Å². The van der Waals surface area contributed by atoms with E-state index in [4.69, 9.17) is 15.2 Å². The molecule has 0 bridgehead atoms. The van der Waals surface area contributed by atoms with Crippen LogP contribution < -0.4 is 15.4 Å². The van der Waals surface area contributed by atoms with E-state index in [-0.39, 0.29) is 18.0 Å². The number of carbonyl (C=O) groups excluding carboxylic acids is 2. The van der Waals surface area contributed by atoms with Gasteiger partial charge in [-0.25, -0.2) is 4.79 Å². The normalized spacial score (nSPS) is 15.5. The lowest BCUT2D eigenvalue weighted by atomic mass is 10.0. The van der Waals surface area contributed by atoms with Crippen molar-refractivity contribution in [1.82, 2.24) is 4.90 Å². The molecule has 1 aliphatic rings. The van der Waals surface area contributed by atoms with Gasteiger partial charge in [0.05, 0.1) is 18.5 Å². The number of likely N-dealkylation sites (tertiary alicyclic amines) is 1. The molecule has 0 aromatic heterocycles. The van der Waals surface area contributed by atoms with E-state index in [0.717, 1.165) is 0 Å². The summed E-state index contributed by atoms with van der Waals surface area (Å²) in [7, 11) is 1.58. The summed E-state index contributed by atoms with van der Waals surface area (Å²) in [6.45, 7) is 8.14. The van der Waals surface area contributed by atoms with Crippen LogP contribution in [0.4, 0.5) is 16.2 Å². The van der Waals surface area contributed by atoms with Gasteiger partial charge < -0.3 is 25.0 Å². The molecule has 1 heterocycles. The molecule has 7 nitrogen and oxygen atoms in total. The molecule has 2 N–H and O–H groups in total. The number of benzene rings is 1. The van der Waals surface area contributed by atoms with E-state index in [1.807, 2.05) is 20.8 Å². The Labute approximate surface area is 155 Å². The summed E-state index contributed by atoms with van der Waals surface area (Å²) in [4.78, 5) is 27.9. The van der Waals surface area contributed by atoms with Gasteiger partial charge in [-0.1, -0.05) is 0 Å². The fourth-order valence-corrected chi connectivity index (χ4v) is 3.12. The van der Waals surface area contributed by atoms with E-state index in [0.29, 0.717) is 43.1 Å². The molecule has 1 aromatic rings. The smallest absolute Gasteiger partial charge is 0.410 e. The number of nitrogens with zero attached hydrogens (tertiary/aromatic N) is 2.